The first-order valence-electron chi connectivity index (χ1n) is 5.20. The number of nitrogens with zero attached hydrogens (tertiary/aromatic N) is 1. The third-order valence-electron chi connectivity index (χ3n) is 2.50. The van der Waals surface area contributed by atoms with Crippen molar-refractivity contribution in [3.05, 3.63) is 30.1 Å². The Labute approximate surface area is 94.0 Å². The van der Waals surface area contributed by atoms with Crippen LogP contribution in [0.1, 0.15) is 12.0 Å². The molecule has 0 saturated carbocycles. The van der Waals surface area contributed by atoms with Crippen LogP contribution in [0.15, 0.2) is 24.5 Å². The van der Waals surface area contributed by atoms with Crippen LogP contribution in [-0.2, 0) is 16.1 Å². The van der Waals surface area contributed by atoms with Gasteiger partial charge in [0.05, 0.1) is 18.8 Å². The van der Waals surface area contributed by atoms with Gasteiger partial charge in [0.1, 0.15) is 0 Å². The molecule has 16 heavy (non-hydrogen) atoms. The molecule has 3 N–H and O–H groups in total. The van der Waals surface area contributed by atoms with Gasteiger partial charge in [-0.3, -0.25) is 9.78 Å². The number of nitrogens with two attached hydrogens (primary N) is 1. The first kappa shape index (κ1) is 11.0. The van der Waals surface area contributed by atoms with Crippen LogP contribution in [-0.4, -0.2) is 29.6 Å². The minimum absolute atomic E-state index is 0.0466. The molecule has 5 nitrogen and oxygen atoms in total. The second kappa shape index (κ2) is 4.59. The molecule has 1 aliphatic rings. The average molecular weight is 221 g/mol. The number of amides is 1. The number of hydrogen-bond acceptors (Lipinski definition) is 4. The fraction of sp³-hybridized carbons (Fsp3) is 0.455. The zero-order valence-electron chi connectivity index (χ0n) is 8.98. The van der Waals surface area contributed by atoms with E-state index in [1.165, 1.54) is 0 Å². The molecule has 0 aromatic carbocycles. The Balaban J connectivity index is 1.76. The Morgan fingerprint density at radius 3 is 3.00 bits per heavy atom. The Morgan fingerprint density at radius 2 is 2.44 bits per heavy atom. The number of hydrogen-bond donors (Lipinski definition) is 2. The van der Waals surface area contributed by atoms with Gasteiger partial charge in [0.2, 0.25) is 5.91 Å². The molecule has 0 aliphatic carbocycles. The number of carbonyl (C=O) groups excluding carboxylic acids is 1. The summed E-state index contributed by atoms with van der Waals surface area (Å²) in [6.07, 6.45) is 3.74. The molecule has 0 spiro atoms. The van der Waals surface area contributed by atoms with Crippen molar-refractivity contribution < 1.29 is 9.53 Å². The molecule has 1 aromatic rings. The summed E-state index contributed by atoms with van der Waals surface area (Å²) in [5, 5.41) is 2.81. The lowest BCUT2D eigenvalue weighted by Crippen LogP contribution is -2.59. The first-order valence-corrected chi connectivity index (χ1v) is 5.20. The van der Waals surface area contributed by atoms with Gasteiger partial charge >= 0.3 is 0 Å². The minimum Gasteiger partial charge on any atom is -0.377 e. The van der Waals surface area contributed by atoms with Gasteiger partial charge in [0, 0.05) is 25.4 Å². The first-order chi connectivity index (χ1) is 7.68. The number of rotatable bonds is 4. The third kappa shape index (κ3) is 2.77. The fourth-order valence-corrected chi connectivity index (χ4v) is 1.55. The minimum atomic E-state index is -0.459. The number of carbonyl (C=O) groups is 1. The van der Waals surface area contributed by atoms with Crippen LogP contribution >= 0.6 is 0 Å². The highest BCUT2D eigenvalue weighted by molar-refractivity contribution is 5.77. The van der Waals surface area contributed by atoms with E-state index in [2.05, 4.69) is 10.3 Å². The smallest absolute Gasteiger partial charge is 0.222 e. The van der Waals surface area contributed by atoms with Gasteiger partial charge in [0.15, 0.2) is 0 Å². The quantitative estimate of drug-likeness (QED) is 0.739. The molecule has 1 aromatic heterocycles. The van der Waals surface area contributed by atoms with Crippen LogP contribution in [0.2, 0.25) is 0 Å². The molecule has 0 bridgehead atoms. The highest BCUT2D eigenvalue weighted by Gasteiger charge is 2.36. The van der Waals surface area contributed by atoms with E-state index < -0.39 is 5.54 Å². The van der Waals surface area contributed by atoms with E-state index in [0.717, 1.165) is 5.56 Å². The van der Waals surface area contributed by atoms with Crippen molar-refractivity contribution in [1.82, 2.24) is 10.3 Å². The van der Waals surface area contributed by atoms with E-state index >= 15 is 0 Å². The molecule has 86 valence electrons. The standard InChI is InChI=1S/C11H15N3O2/c12-11(7-16-8-11)4-10(15)14-6-9-2-1-3-13-5-9/h1-3,5H,4,6-8,12H2,(H,14,15). The molecule has 5 heteroatoms. The summed E-state index contributed by atoms with van der Waals surface area (Å²) in [7, 11) is 0. The predicted octanol–water partition coefficient (Wildman–Crippen LogP) is -0.184. The van der Waals surface area contributed by atoms with Gasteiger partial charge in [-0.2, -0.15) is 0 Å². The number of nitrogens with one attached hydrogen (secondary N) is 1. The van der Waals surface area contributed by atoms with Crippen LogP contribution in [0.5, 0.6) is 0 Å². The van der Waals surface area contributed by atoms with Crippen molar-refractivity contribution >= 4 is 5.91 Å². The average Bonchev–Trinajstić information content (AvgIpc) is 2.26. The van der Waals surface area contributed by atoms with Gasteiger partial charge in [-0.25, -0.2) is 0 Å². The molecule has 0 unspecified atom stereocenters. The van der Waals surface area contributed by atoms with Gasteiger partial charge in [0.25, 0.3) is 0 Å². The summed E-state index contributed by atoms with van der Waals surface area (Å²) in [4.78, 5) is 15.5. The third-order valence-corrected chi connectivity index (χ3v) is 2.50. The summed E-state index contributed by atoms with van der Waals surface area (Å²) in [6, 6.07) is 3.75. The van der Waals surface area contributed by atoms with Crippen molar-refractivity contribution in [1.29, 1.82) is 0 Å². The second-order valence-electron chi connectivity index (χ2n) is 4.17. The van der Waals surface area contributed by atoms with Crippen LogP contribution < -0.4 is 11.1 Å². The molecule has 1 aliphatic heterocycles. The summed E-state index contributed by atoms with van der Waals surface area (Å²) in [5.41, 5.74) is 6.39. The van der Waals surface area contributed by atoms with Crippen LogP contribution in [0.25, 0.3) is 0 Å². The zero-order chi connectivity index (χ0) is 11.4. The Hall–Kier alpha value is -1.46. The molecular weight excluding hydrogens is 206 g/mol. The Bertz CT molecular complexity index is 363. The SMILES string of the molecule is NC1(CC(=O)NCc2cccnc2)COC1. The number of ether oxygens (including phenoxy) is 1. The molecule has 0 radical (unpaired) electrons. The fourth-order valence-electron chi connectivity index (χ4n) is 1.55. The maximum Gasteiger partial charge on any atom is 0.222 e. The second-order valence-corrected chi connectivity index (χ2v) is 4.17. The van der Waals surface area contributed by atoms with Crippen LogP contribution in [0, 0.1) is 0 Å². The van der Waals surface area contributed by atoms with E-state index in [4.69, 9.17) is 10.5 Å². The lowest BCUT2D eigenvalue weighted by atomic mass is 9.94. The zero-order valence-corrected chi connectivity index (χ0v) is 8.98. The maximum absolute atomic E-state index is 11.6. The van der Waals surface area contributed by atoms with E-state index in [-0.39, 0.29) is 5.91 Å². The molecule has 1 amide bonds. The monoisotopic (exact) mass is 221 g/mol. The summed E-state index contributed by atoms with van der Waals surface area (Å²) in [5.74, 6) is -0.0466. The van der Waals surface area contributed by atoms with E-state index in [9.17, 15) is 4.79 Å². The largest absolute Gasteiger partial charge is 0.377 e. The Kier molecular flexibility index (Phi) is 3.17. The normalized spacial score (nSPS) is 17.6. The van der Waals surface area contributed by atoms with E-state index in [1.807, 2.05) is 12.1 Å². The highest BCUT2D eigenvalue weighted by Crippen LogP contribution is 2.17. The lowest BCUT2D eigenvalue weighted by Gasteiger charge is -2.37. The lowest BCUT2D eigenvalue weighted by molar-refractivity contribution is -0.128. The van der Waals surface area contributed by atoms with E-state index in [1.54, 1.807) is 12.4 Å². The van der Waals surface area contributed by atoms with Crippen molar-refractivity contribution in [2.45, 2.75) is 18.5 Å². The summed E-state index contributed by atoms with van der Waals surface area (Å²) in [6.45, 7) is 1.42. The summed E-state index contributed by atoms with van der Waals surface area (Å²) < 4.78 is 4.99. The maximum atomic E-state index is 11.6. The van der Waals surface area contributed by atoms with Gasteiger partial charge in [-0.15, -0.1) is 0 Å². The molecule has 2 heterocycles. The topological polar surface area (TPSA) is 77.2 Å². The van der Waals surface area contributed by atoms with Gasteiger partial charge in [-0.1, -0.05) is 6.07 Å². The van der Waals surface area contributed by atoms with Crippen LogP contribution in [0.3, 0.4) is 0 Å². The molecule has 1 saturated heterocycles. The van der Waals surface area contributed by atoms with Crippen molar-refractivity contribution in [2.24, 2.45) is 5.73 Å². The highest BCUT2D eigenvalue weighted by atomic mass is 16.5. The predicted molar refractivity (Wildman–Crippen MR) is 58.4 cm³/mol. The summed E-state index contributed by atoms with van der Waals surface area (Å²) >= 11 is 0. The number of pyridine rings is 1. The van der Waals surface area contributed by atoms with Crippen molar-refractivity contribution in [3.63, 3.8) is 0 Å². The van der Waals surface area contributed by atoms with Crippen molar-refractivity contribution in [3.8, 4) is 0 Å². The van der Waals surface area contributed by atoms with Gasteiger partial charge in [-0.05, 0) is 11.6 Å². The molecule has 1 fully saturated rings. The molecular formula is C11H15N3O2. The van der Waals surface area contributed by atoms with E-state index in [0.29, 0.717) is 26.2 Å². The molecule has 0 atom stereocenters. The van der Waals surface area contributed by atoms with Crippen LogP contribution in [0.4, 0.5) is 0 Å². The number of aromatic nitrogens is 1. The van der Waals surface area contributed by atoms with Crippen molar-refractivity contribution in [2.75, 3.05) is 13.2 Å². The van der Waals surface area contributed by atoms with Gasteiger partial charge < -0.3 is 15.8 Å². The molecule has 2 rings (SSSR count). The Morgan fingerprint density at radius 1 is 1.62 bits per heavy atom.